The van der Waals surface area contributed by atoms with Crippen LogP contribution in [0.4, 0.5) is 5.69 Å². The highest BCUT2D eigenvalue weighted by Crippen LogP contribution is 2.54. The second-order valence-corrected chi connectivity index (χ2v) is 8.67. The first kappa shape index (κ1) is 15.3. The fourth-order valence-electron chi connectivity index (χ4n) is 1.27. The van der Waals surface area contributed by atoms with Crippen LogP contribution >= 0.6 is 18.0 Å². The summed E-state index contributed by atoms with van der Waals surface area (Å²) in [7, 11) is 0. The summed E-state index contributed by atoms with van der Waals surface area (Å²) in [4.78, 5) is 0. The zero-order chi connectivity index (χ0) is 13.6. The summed E-state index contributed by atoms with van der Waals surface area (Å²) in [5.41, 5.74) is 7.72. The molecule has 1 aromatic rings. The van der Waals surface area contributed by atoms with Crippen molar-refractivity contribution >= 4 is 30.1 Å². The van der Waals surface area contributed by atoms with Gasteiger partial charge in [0.05, 0.1) is 6.34 Å². The Morgan fingerprint density at radius 3 is 2.83 bits per heavy atom. The van der Waals surface area contributed by atoms with Gasteiger partial charge in [-0.25, -0.2) is 0 Å². The molecule has 0 heterocycles. The third-order valence-electron chi connectivity index (χ3n) is 2.49. The van der Waals surface area contributed by atoms with Crippen LogP contribution in [-0.2, 0) is 4.57 Å². The molecule has 0 saturated heterocycles. The summed E-state index contributed by atoms with van der Waals surface area (Å²) in [5, 5.41) is 3.25. The van der Waals surface area contributed by atoms with E-state index in [1.165, 1.54) is 17.7 Å². The average Bonchev–Trinajstić information content (AvgIpc) is 2.30. The molecule has 2 atom stereocenters. The number of para-hydroxylation sites is 1. The highest BCUT2D eigenvalue weighted by Gasteiger charge is 2.17. The molecule has 4 nitrogen and oxygen atoms in total. The van der Waals surface area contributed by atoms with Crippen molar-refractivity contribution in [3.8, 4) is 0 Å². The lowest BCUT2D eigenvalue weighted by molar-refractivity contribution is 0.587. The number of anilines is 1. The first-order valence-electron chi connectivity index (χ1n) is 5.88. The maximum Gasteiger partial charge on any atom is 0.309 e. The first-order chi connectivity index (χ1) is 8.44. The molecule has 0 saturated carbocycles. The largest absolute Gasteiger partial charge is 0.346 e. The van der Waals surface area contributed by atoms with Crippen molar-refractivity contribution in [1.82, 2.24) is 0 Å². The molecule has 0 fully saturated rings. The number of aryl methyl sites for hydroxylation is 1. The molecule has 0 aromatic heterocycles. The van der Waals surface area contributed by atoms with Crippen LogP contribution in [0.3, 0.4) is 0 Å². The smallest absolute Gasteiger partial charge is 0.309 e. The van der Waals surface area contributed by atoms with Gasteiger partial charge in [0.2, 0.25) is 0 Å². The van der Waals surface area contributed by atoms with E-state index in [1.54, 1.807) is 0 Å². The van der Waals surface area contributed by atoms with E-state index in [4.69, 9.17) is 5.50 Å². The summed E-state index contributed by atoms with van der Waals surface area (Å²) in [6, 6.07) is 7.82. The lowest BCUT2D eigenvalue weighted by Gasteiger charge is -2.11. The highest BCUT2D eigenvalue weighted by molar-refractivity contribution is 8.57. The number of hydrogen-bond acceptors (Lipinski definition) is 2. The molecule has 1 aromatic carbocycles. The van der Waals surface area contributed by atoms with Gasteiger partial charge in [0, 0.05) is 10.9 Å². The number of hydrogen-bond donors (Lipinski definition) is 2. The molecule has 0 bridgehead atoms. The Kier molecular flexibility index (Phi) is 5.93. The molecule has 0 aliphatic rings. The van der Waals surface area contributed by atoms with E-state index in [0.717, 1.165) is 17.7 Å². The van der Waals surface area contributed by atoms with Crippen LogP contribution < -0.4 is 10.8 Å². The molecular weight excluding hydrogens is 265 g/mol. The van der Waals surface area contributed by atoms with Crippen molar-refractivity contribution in [2.24, 2.45) is 10.3 Å². The highest BCUT2D eigenvalue weighted by atomic mass is 32.7. The fraction of sp³-hybridized carbons (Fsp3) is 0.417. The van der Waals surface area contributed by atoms with Crippen LogP contribution in [0.5, 0.6) is 0 Å². The molecule has 100 valence electrons. The monoisotopic (exact) mass is 285 g/mol. The molecule has 0 amide bonds. The topological polar surface area (TPSA) is 67.5 Å². The number of benzene rings is 1. The van der Waals surface area contributed by atoms with Gasteiger partial charge in [-0.3, -0.25) is 10.1 Å². The van der Waals surface area contributed by atoms with Gasteiger partial charge in [-0.1, -0.05) is 43.4 Å². The Balaban J connectivity index is 2.60. The average molecular weight is 285 g/mol. The van der Waals surface area contributed by atoms with Crippen molar-refractivity contribution in [2.45, 2.75) is 32.4 Å². The number of nitrogens with one attached hydrogen (secondary N) is 1. The molecule has 18 heavy (non-hydrogen) atoms. The molecular formula is C12H20N3OPS. The summed E-state index contributed by atoms with van der Waals surface area (Å²) >= 11 is 1.24. The third kappa shape index (κ3) is 5.25. The summed E-state index contributed by atoms with van der Waals surface area (Å²) in [6.45, 7) is 3.03. The van der Waals surface area contributed by atoms with Crippen molar-refractivity contribution in [3.05, 3.63) is 29.8 Å². The van der Waals surface area contributed by atoms with Crippen molar-refractivity contribution in [2.75, 3.05) is 5.32 Å². The summed E-state index contributed by atoms with van der Waals surface area (Å²) in [5.74, 6) is 0. The Morgan fingerprint density at radius 1 is 1.56 bits per heavy atom. The Morgan fingerprint density at radius 2 is 2.22 bits per heavy atom. The molecule has 1 rings (SSSR count). The van der Waals surface area contributed by atoms with Crippen molar-refractivity contribution in [1.29, 1.82) is 0 Å². The number of nitrogens with zero attached hydrogens (tertiary/aromatic N) is 1. The minimum absolute atomic E-state index is 0.247. The second kappa shape index (κ2) is 6.98. The van der Waals surface area contributed by atoms with Gasteiger partial charge >= 0.3 is 6.65 Å². The van der Waals surface area contributed by atoms with Crippen LogP contribution in [0.15, 0.2) is 29.0 Å². The second-order valence-electron chi connectivity index (χ2n) is 4.09. The molecule has 0 aliphatic heterocycles. The van der Waals surface area contributed by atoms with Gasteiger partial charge in [-0.05, 0) is 25.0 Å². The summed E-state index contributed by atoms with van der Waals surface area (Å²) in [6.07, 6.45) is 2.35. The van der Waals surface area contributed by atoms with E-state index >= 15 is 0 Å². The lowest BCUT2D eigenvalue weighted by atomic mass is 10.2. The van der Waals surface area contributed by atoms with Gasteiger partial charge in [0.15, 0.2) is 0 Å². The zero-order valence-corrected chi connectivity index (χ0v) is 12.7. The predicted octanol–water partition coefficient (Wildman–Crippen LogP) is 4.03. The first-order valence-corrected chi connectivity index (χ1v) is 9.09. The lowest BCUT2D eigenvalue weighted by Crippen LogP contribution is -2.00. The normalized spacial score (nSPS) is 16.4. The van der Waals surface area contributed by atoms with Crippen LogP contribution in [-0.4, -0.2) is 11.6 Å². The van der Waals surface area contributed by atoms with E-state index in [-0.39, 0.29) is 5.25 Å². The number of rotatable bonds is 6. The molecule has 3 N–H and O–H groups in total. The van der Waals surface area contributed by atoms with Crippen LogP contribution in [0.2, 0.25) is 0 Å². The Hall–Kier alpha value is -0.770. The summed E-state index contributed by atoms with van der Waals surface area (Å²) < 4.78 is 15.9. The van der Waals surface area contributed by atoms with Gasteiger partial charge in [-0.2, -0.15) is 4.76 Å². The van der Waals surface area contributed by atoms with Gasteiger partial charge in [0.25, 0.3) is 0 Å². The van der Waals surface area contributed by atoms with Crippen LogP contribution in [0.25, 0.3) is 0 Å². The minimum Gasteiger partial charge on any atom is -0.346 e. The standard InChI is InChI=1S/C12H20N3OPS/c1-4-11(3)18-17(13,16)15-9-14-12-8-6-5-7-10(12)2/h5-9,11H,4H2,1-3H3,(H3,13,14,15,16). The minimum atomic E-state index is -2.99. The van der Waals surface area contributed by atoms with Crippen LogP contribution in [0.1, 0.15) is 25.8 Å². The Bertz CT molecular complexity index is 464. The van der Waals surface area contributed by atoms with Crippen molar-refractivity contribution in [3.63, 3.8) is 0 Å². The molecule has 2 unspecified atom stereocenters. The maximum absolute atomic E-state index is 12.0. The van der Waals surface area contributed by atoms with Gasteiger partial charge in [-0.15, -0.1) is 0 Å². The van der Waals surface area contributed by atoms with Crippen molar-refractivity contribution < 1.29 is 4.57 Å². The van der Waals surface area contributed by atoms with E-state index in [2.05, 4.69) is 10.1 Å². The SMILES string of the molecule is CCC(C)SP(N)(=O)N=CNc1ccccc1C. The fourth-order valence-corrected chi connectivity index (χ4v) is 4.51. The molecule has 6 heteroatoms. The zero-order valence-electron chi connectivity index (χ0n) is 11.0. The molecule has 0 spiro atoms. The molecule has 0 radical (unpaired) electrons. The Labute approximate surface area is 113 Å². The third-order valence-corrected chi connectivity index (χ3v) is 6.19. The molecule has 0 aliphatic carbocycles. The van der Waals surface area contributed by atoms with Gasteiger partial charge < -0.3 is 5.32 Å². The van der Waals surface area contributed by atoms with Gasteiger partial charge in [0.1, 0.15) is 0 Å². The van der Waals surface area contributed by atoms with E-state index in [9.17, 15) is 4.57 Å². The van der Waals surface area contributed by atoms with E-state index < -0.39 is 6.65 Å². The maximum atomic E-state index is 12.0. The quantitative estimate of drug-likeness (QED) is 0.470. The van der Waals surface area contributed by atoms with Crippen LogP contribution in [0, 0.1) is 6.92 Å². The van der Waals surface area contributed by atoms with E-state index in [0.29, 0.717) is 0 Å². The number of nitrogens with two attached hydrogens (primary N) is 1. The van der Waals surface area contributed by atoms with E-state index in [1.807, 2.05) is 45.0 Å². The predicted molar refractivity (Wildman–Crippen MR) is 82.4 cm³/mol.